The summed E-state index contributed by atoms with van der Waals surface area (Å²) in [5.74, 6) is -0.813. The molecule has 28 heavy (non-hydrogen) atoms. The van der Waals surface area contributed by atoms with Gasteiger partial charge in [0, 0.05) is 11.3 Å². The third-order valence-electron chi connectivity index (χ3n) is 5.16. The lowest BCUT2D eigenvalue weighted by molar-refractivity contribution is -0.120. The third-order valence-corrected chi connectivity index (χ3v) is 6.27. The summed E-state index contributed by atoms with van der Waals surface area (Å²) >= 11 is 12.1. The summed E-state index contributed by atoms with van der Waals surface area (Å²) in [5.41, 5.74) is 1.36. The maximum atomic E-state index is 12.9. The molecule has 0 saturated heterocycles. The SMILES string of the molecule is CC1(C(=O)Nc2ccc(C(=O)N3CC(=O)Nc4ccccc43)cc2)CC1(Cl)Cl. The summed E-state index contributed by atoms with van der Waals surface area (Å²) in [7, 11) is 0. The topological polar surface area (TPSA) is 78.5 Å². The summed E-state index contributed by atoms with van der Waals surface area (Å²) in [5, 5.41) is 5.52. The van der Waals surface area contributed by atoms with Gasteiger partial charge in [0.05, 0.1) is 16.8 Å². The van der Waals surface area contributed by atoms with Crippen LogP contribution < -0.4 is 15.5 Å². The van der Waals surface area contributed by atoms with E-state index in [4.69, 9.17) is 23.2 Å². The molecule has 0 radical (unpaired) electrons. The standard InChI is InChI=1S/C20H17Cl2N3O3/c1-19(11-20(19,21)22)18(28)23-13-8-6-12(7-9-13)17(27)25-10-16(26)24-14-4-2-3-5-15(14)25/h2-9H,10-11H2,1H3,(H,23,28)(H,24,26). The van der Waals surface area contributed by atoms with Crippen molar-refractivity contribution in [1.82, 2.24) is 0 Å². The van der Waals surface area contributed by atoms with E-state index in [2.05, 4.69) is 10.6 Å². The molecule has 1 heterocycles. The van der Waals surface area contributed by atoms with E-state index in [-0.39, 0.29) is 24.3 Å². The fraction of sp³-hybridized carbons (Fsp3) is 0.250. The monoisotopic (exact) mass is 417 g/mol. The Kier molecular flexibility index (Phi) is 4.36. The molecule has 1 unspecified atom stereocenters. The Labute approximate surface area is 171 Å². The molecule has 2 aromatic rings. The van der Waals surface area contributed by atoms with Crippen LogP contribution in [-0.4, -0.2) is 28.6 Å². The summed E-state index contributed by atoms with van der Waals surface area (Å²) in [6, 6.07) is 13.6. The number of nitrogens with zero attached hydrogens (tertiary/aromatic N) is 1. The van der Waals surface area contributed by atoms with Gasteiger partial charge in [0.2, 0.25) is 11.8 Å². The molecule has 3 amide bonds. The van der Waals surface area contributed by atoms with Gasteiger partial charge in [0.1, 0.15) is 10.9 Å². The fourth-order valence-corrected chi connectivity index (χ4v) is 3.89. The van der Waals surface area contributed by atoms with Gasteiger partial charge >= 0.3 is 0 Å². The average molecular weight is 418 g/mol. The molecule has 1 aliphatic carbocycles. The molecule has 0 spiro atoms. The van der Waals surface area contributed by atoms with Crippen molar-refractivity contribution in [2.75, 3.05) is 22.1 Å². The zero-order valence-corrected chi connectivity index (χ0v) is 16.5. The fourth-order valence-electron chi connectivity index (χ4n) is 3.18. The molecule has 2 aliphatic rings. The van der Waals surface area contributed by atoms with E-state index in [1.165, 1.54) is 4.90 Å². The summed E-state index contributed by atoms with van der Waals surface area (Å²) in [6.45, 7) is 1.65. The lowest BCUT2D eigenvalue weighted by Gasteiger charge is -2.29. The third kappa shape index (κ3) is 3.12. The van der Waals surface area contributed by atoms with Crippen LogP contribution in [0, 0.1) is 5.41 Å². The minimum atomic E-state index is -1.05. The van der Waals surface area contributed by atoms with E-state index in [1.54, 1.807) is 49.4 Å². The smallest absolute Gasteiger partial charge is 0.258 e. The Bertz CT molecular complexity index is 990. The van der Waals surface area contributed by atoms with Gasteiger partial charge < -0.3 is 10.6 Å². The predicted octanol–water partition coefficient (Wildman–Crippen LogP) is 3.81. The predicted molar refractivity (Wildman–Crippen MR) is 109 cm³/mol. The molecule has 1 saturated carbocycles. The zero-order chi connectivity index (χ0) is 20.1. The Balaban J connectivity index is 1.51. The van der Waals surface area contributed by atoms with E-state index in [0.29, 0.717) is 29.0 Å². The lowest BCUT2D eigenvalue weighted by Crippen LogP contribution is -2.42. The Morgan fingerprint density at radius 1 is 1.11 bits per heavy atom. The van der Waals surface area contributed by atoms with Gasteiger partial charge in [-0.3, -0.25) is 19.3 Å². The highest BCUT2D eigenvalue weighted by molar-refractivity contribution is 6.53. The van der Waals surface area contributed by atoms with Crippen molar-refractivity contribution >= 4 is 58.0 Å². The molecule has 144 valence electrons. The number of alkyl halides is 2. The van der Waals surface area contributed by atoms with Crippen molar-refractivity contribution in [3.05, 3.63) is 54.1 Å². The first kappa shape index (κ1) is 18.8. The van der Waals surface area contributed by atoms with E-state index >= 15 is 0 Å². The van der Waals surface area contributed by atoms with Gasteiger partial charge in [0.15, 0.2) is 0 Å². The molecule has 2 aromatic carbocycles. The van der Waals surface area contributed by atoms with Crippen LogP contribution in [0.2, 0.25) is 0 Å². The number of nitrogens with one attached hydrogen (secondary N) is 2. The molecule has 1 atom stereocenters. The number of anilines is 3. The van der Waals surface area contributed by atoms with Crippen LogP contribution in [0.25, 0.3) is 0 Å². The maximum Gasteiger partial charge on any atom is 0.258 e. The number of carbonyl (C=O) groups is 3. The summed E-state index contributed by atoms with van der Waals surface area (Å²) in [4.78, 5) is 38.6. The molecule has 1 aliphatic heterocycles. The second-order valence-electron chi connectivity index (χ2n) is 7.20. The number of fused-ring (bicyclic) bond motifs is 1. The first-order valence-corrected chi connectivity index (χ1v) is 9.47. The van der Waals surface area contributed by atoms with Gasteiger partial charge in [-0.15, -0.1) is 23.2 Å². The zero-order valence-electron chi connectivity index (χ0n) is 15.0. The largest absolute Gasteiger partial charge is 0.326 e. The molecule has 1 fully saturated rings. The number of hydrogen-bond donors (Lipinski definition) is 2. The van der Waals surface area contributed by atoms with Crippen molar-refractivity contribution in [3.63, 3.8) is 0 Å². The minimum absolute atomic E-state index is 0.0553. The van der Waals surface area contributed by atoms with E-state index < -0.39 is 9.75 Å². The van der Waals surface area contributed by atoms with Crippen molar-refractivity contribution < 1.29 is 14.4 Å². The Morgan fingerprint density at radius 3 is 2.39 bits per heavy atom. The highest BCUT2D eigenvalue weighted by Crippen LogP contribution is 2.64. The van der Waals surface area contributed by atoms with Gasteiger partial charge in [-0.25, -0.2) is 0 Å². The molecule has 0 bridgehead atoms. The molecular formula is C20H17Cl2N3O3. The number of benzene rings is 2. The highest BCUT2D eigenvalue weighted by atomic mass is 35.5. The Morgan fingerprint density at radius 2 is 1.75 bits per heavy atom. The average Bonchev–Trinajstić information content (AvgIpc) is 3.20. The second-order valence-corrected chi connectivity index (χ2v) is 8.69. The van der Waals surface area contributed by atoms with Crippen LogP contribution in [0.4, 0.5) is 17.1 Å². The van der Waals surface area contributed by atoms with E-state index in [1.807, 2.05) is 6.07 Å². The number of amides is 3. The van der Waals surface area contributed by atoms with Gasteiger partial charge in [-0.05, 0) is 49.7 Å². The number of para-hydroxylation sites is 2. The van der Waals surface area contributed by atoms with Crippen LogP contribution in [0.15, 0.2) is 48.5 Å². The van der Waals surface area contributed by atoms with Crippen LogP contribution in [0.1, 0.15) is 23.7 Å². The van der Waals surface area contributed by atoms with E-state index in [9.17, 15) is 14.4 Å². The van der Waals surface area contributed by atoms with Crippen LogP contribution in [0.3, 0.4) is 0 Å². The van der Waals surface area contributed by atoms with Crippen molar-refractivity contribution in [2.45, 2.75) is 17.7 Å². The molecule has 2 N–H and O–H groups in total. The molecular weight excluding hydrogens is 401 g/mol. The number of hydrogen-bond acceptors (Lipinski definition) is 3. The first-order chi connectivity index (χ1) is 13.2. The molecule has 0 aromatic heterocycles. The van der Waals surface area contributed by atoms with Gasteiger partial charge in [-0.1, -0.05) is 12.1 Å². The number of halogens is 2. The molecule has 8 heteroatoms. The van der Waals surface area contributed by atoms with Crippen molar-refractivity contribution in [2.24, 2.45) is 5.41 Å². The second kappa shape index (κ2) is 6.50. The van der Waals surface area contributed by atoms with Gasteiger partial charge in [-0.2, -0.15) is 0 Å². The summed E-state index contributed by atoms with van der Waals surface area (Å²) < 4.78 is -1.05. The first-order valence-electron chi connectivity index (χ1n) is 8.71. The maximum absolute atomic E-state index is 12.9. The number of rotatable bonds is 3. The highest BCUT2D eigenvalue weighted by Gasteiger charge is 2.67. The van der Waals surface area contributed by atoms with Gasteiger partial charge in [0.25, 0.3) is 5.91 Å². The minimum Gasteiger partial charge on any atom is -0.326 e. The molecule has 4 rings (SSSR count). The summed E-state index contributed by atoms with van der Waals surface area (Å²) in [6.07, 6.45) is 0.391. The van der Waals surface area contributed by atoms with Crippen LogP contribution in [0.5, 0.6) is 0 Å². The number of carbonyl (C=O) groups excluding carboxylic acids is 3. The molecule has 6 nitrogen and oxygen atoms in total. The normalized spacial score (nSPS) is 22.1. The van der Waals surface area contributed by atoms with Crippen molar-refractivity contribution in [1.29, 1.82) is 0 Å². The quantitative estimate of drug-likeness (QED) is 0.745. The van der Waals surface area contributed by atoms with Crippen LogP contribution in [-0.2, 0) is 9.59 Å². The van der Waals surface area contributed by atoms with Crippen molar-refractivity contribution in [3.8, 4) is 0 Å². The lowest BCUT2D eigenvalue weighted by atomic mass is 10.1. The Hall–Kier alpha value is -2.57. The van der Waals surface area contributed by atoms with E-state index in [0.717, 1.165) is 0 Å². The van der Waals surface area contributed by atoms with Crippen LogP contribution >= 0.6 is 23.2 Å².